The van der Waals surface area contributed by atoms with E-state index in [1.54, 1.807) is 0 Å². The summed E-state index contributed by atoms with van der Waals surface area (Å²) in [6, 6.07) is 3.26. The van der Waals surface area contributed by atoms with Crippen molar-refractivity contribution < 1.29 is 13.9 Å². The van der Waals surface area contributed by atoms with Gasteiger partial charge in [-0.15, -0.1) is 0 Å². The number of likely N-dealkylation sites (N-methyl/N-ethyl adjacent to an activating group) is 1. The molecule has 6 nitrogen and oxygen atoms in total. The highest BCUT2D eigenvalue weighted by Gasteiger charge is 2.36. The number of β-amino-alcohol motifs (C(OH)–C–C–N with tert-alkyl or cyclic N) is 1. The normalized spacial score (nSPS) is 19.3. The molecule has 0 saturated carbocycles. The molecular formula is C16H21F2N5O. The number of aliphatic hydroxyl groups is 1. The summed E-state index contributed by atoms with van der Waals surface area (Å²) in [5.74, 6) is -1.43. The van der Waals surface area contributed by atoms with Gasteiger partial charge in [0.2, 0.25) is 0 Å². The Bertz CT molecular complexity index is 673. The first-order valence-electron chi connectivity index (χ1n) is 7.87. The van der Waals surface area contributed by atoms with Gasteiger partial charge in [0.15, 0.2) is 0 Å². The molecular weight excluding hydrogens is 316 g/mol. The minimum Gasteiger partial charge on any atom is -0.382 e. The van der Waals surface area contributed by atoms with Crippen molar-refractivity contribution in [1.82, 2.24) is 24.6 Å². The average molecular weight is 337 g/mol. The number of hydrogen-bond acceptors (Lipinski definition) is 5. The van der Waals surface area contributed by atoms with Gasteiger partial charge in [0.05, 0.1) is 6.54 Å². The van der Waals surface area contributed by atoms with Crippen LogP contribution in [-0.4, -0.2) is 69.4 Å². The predicted molar refractivity (Wildman–Crippen MR) is 84.2 cm³/mol. The molecule has 0 spiro atoms. The molecule has 1 N–H and O–H groups in total. The molecule has 1 saturated heterocycles. The van der Waals surface area contributed by atoms with E-state index in [9.17, 15) is 13.9 Å². The molecule has 0 bridgehead atoms. The van der Waals surface area contributed by atoms with Crippen LogP contribution in [0.5, 0.6) is 0 Å². The third-order valence-corrected chi connectivity index (χ3v) is 4.40. The molecule has 1 fully saturated rings. The molecule has 8 heteroatoms. The van der Waals surface area contributed by atoms with Crippen LogP contribution in [0.25, 0.3) is 0 Å². The van der Waals surface area contributed by atoms with Crippen molar-refractivity contribution in [2.75, 3.05) is 39.8 Å². The fourth-order valence-corrected chi connectivity index (χ4v) is 3.05. The van der Waals surface area contributed by atoms with Crippen LogP contribution in [0.4, 0.5) is 8.78 Å². The van der Waals surface area contributed by atoms with Crippen LogP contribution in [0.2, 0.25) is 0 Å². The van der Waals surface area contributed by atoms with Crippen molar-refractivity contribution in [3.63, 3.8) is 0 Å². The van der Waals surface area contributed by atoms with E-state index >= 15 is 0 Å². The van der Waals surface area contributed by atoms with Crippen molar-refractivity contribution in [3.8, 4) is 0 Å². The lowest BCUT2D eigenvalue weighted by atomic mass is 9.92. The van der Waals surface area contributed by atoms with Crippen molar-refractivity contribution in [3.05, 3.63) is 48.1 Å². The lowest BCUT2D eigenvalue weighted by Crippen LogP contribution is -2.51. The summed E-state index contributed by atoms with van der Waals surface area (Å²) in [5.41, 5.74) is -1.46. The number of hydrogen-bond donors (Lipinski definition) is 1. The maximum atomic E-state index is 14.3. The zero-order valence-electron chi connectivity index (χ0n) is 13.6. The molecule has 0 radical (unpaired) electrons. The van der Waals surface area contributed by atoms with Crippen LogP contribution in [0.15, 0.2) is 30.9 Å². The molecule has 1 unspecified atom stereocenters. The van der Waals surface area contributed by atoms with Gasteiger partial charge >= 0.3 is 0 Å². The van der Waals surface area contributed by atoms with Crippen molar-refractivity contribution in [2.24, 2.45) is 0 Å². The number of aromatic nitrogens is 3. The summed E-state index contributed by atoms with van der Waals surface area (Å²) < 4.78 is 29.0. The van der Waals surface area contributed by atoms with Gasteiger partial charge in [-0.05, 0) is 13.1 Å². The average Bonchev–Trinajstić information content (AvgIpc) is 3.02. The van der Waals surface area contributed by atoms with E-state index in [0.717, 1.165) is 38.3 Å². The summed E-state index contributed by atoms with van der Waals surface area (Å²) in [6.45, 7) is 3.60. The van der Waals surface area contributed by atoms with Gasteiger partial charge in [-0.2, -0.15) is 5.10 Å². The van der Waals surface area contributed by atoms with Gasteiger partial charge in [-0.1, -0.05) is 6.07 Å². The fourth-order valence-electron chi connectivity index (χ4n) is 3.05. The zero-order chi connectivity index (χ0) is 17.2. The van der Waals surface area contributed by atoms with Gasteiger partial charge in [0.25, 0.3) is 0 Å². The Kier molecular flexibility index (Phi) is 4.88. The molecule has 1 aliphatic rings. The molecule has 0 aliphatic carbocycles. The molecule has 1 atom stereocenters. The number of nitrogens with zero attached hydrogens (tertiary/aromatic N) is 5. The number of piperazine rings is 1. The van der Waals surface area contributed by atoms with E-state index in [-0.39, 0.29) is 18.7 Å². The molecule has 0 amide bonds. The minimum atomic E-state index is -1.53. The second kappa shape index (κ2) is 6.92. The lowest BCUT2D eigenvalue weighted by Gasteiger charge is -2.38. The van der Waals surface area contributed by atoms with Crippen molar-refractivity contribution >= 4 is 0 Å². The molecule has 2 heterocycles. The standard InChI is InChI=1S/C16H21F2N5O/c1-21-4-6-22(7-5-21)9-16(24,10-23-12-19-11-20-23)14-3-2-13(17)8-15(14)18/h2-3,8,11-12,24H,4-7,9-10H2,1H3. The predicted octanol–water partition coefficient (Wildman–Crippen LogP) is 0.692. The SMILES string of the molecule is CN1CCN(CC(O)(Cn2cncn2)c2ccc(F)cc2F)CC1. The summed E-state index contributed by atoms with van der Waals surface area (Å²) >= 11 is 0. The molecule has 130 valence electrons. The summed E-state index contributed by atoms with van der Waals surface area (Å²) in [7, 11) is 2.04. The van der Waals surface area contributed by atoms with E-state index in [0.29, 0.717) is 0 Å². The third-order valence-electron chi connectivity index (χ3n) is 4.40. The van der Waals surface area contributed by atoms with Gasteiger partial charge in [-0.25, -0.2) is 18.4 Å². The van der Waals surface area contributed by atoms with Gasteiger partial charge in [0.1, 0.15) is 29.9 Å². The van der Waals surface area contributed by atoms with E-state index in [4.69, 9.17) is 0 Å². The van der Waals surface area contributed by atoms with Crippen LogP contribution in [-0.2, 0) is 12.1 Å². The quantitative estimate of drug-likeness (QED) is 0.870. The Morgan fingerprint density at radius 1 is 1.17 bits per heavy atom. The number of rotatable bonds is 5. The molecule has 1 aromatic heterocycles. The van der Waals surface area contributed by atoms with E-state index in [1.807, 2.05) is 7.05 Å². The second-order valence-corrected chi connectivity index (χ2v) is 6.33. The zero-order valence-corrected chi connectivity index (χ0v) is 13.6. The van der Waals surface area contributed by atoms with Gasteiger partial charge in [-0.3, -0.25) is 4.90 Å². The Morgan fingerprint density at radius 2 is 1.92 bits per heavy atom. The van der Waals surface area contributed by atoms with Crippen molar-refractivity contribution in [2.45, 2.75) is 12.1 Å². The molecule has 1 aliphatic heterocycles. The van der Waals surface area contributed by atoms with Crippen LogP contribution in [0.3, 0.4) is 0 Å². The lowest BCUT2D eigenvalue weighted by molar-refractivity contribution is -0.0302. The Balaban J connectivity index is 1.88. The Morgan fingerprint density at radius 3 is 2.54 bits per heavy atom. The number of halogens is 2. The molecule has 3 rings (SSSR count). The highest BCUT2D eigenvalue weighted by atomic mass is 19.1. The van der Waals surface area contributed by atoms with Gasteiger partial charge < -0.3 is 10.0 Å². The Labute approximate surface area is 139 Å². The van der Waals surface area contributed by atoms with E-state index in [1.165, 1.54) is 23.4 Å². The fraction of sp³-hybridized carbons (Fsp3) is 0.500. The molecule has 2 aromatic rings. The molecule has 24 heavy (non-hydrogen) atoms. The first-order chi connectivity index (χ1) is 11.5. The maximum Gasteiger partial charge on any atom is 0.137 e. The first kappa shape index (κ1) is 16.9. The summed E-state index contributed by atoms with van der Waals surface area (Å²) in [6.07, 6.45) is 2.83. The van der Waals surface area contributed by atoms with E-state index in [2.05, 4.69) is 19.9 Å². The highest BCUT2D eigenvalue weighted by molar-refractivity contribution is 5.25. The van der Waals surface area contributed by atoms with E-state index < -0.39 is 17.2 Å². The van der Waals surface area contributed by atoms with Crippen LogP contribution >= 0.6 is 0 Å². The second-order valence-electron chi connectivity index (χ2n) is 6.33. The maximum absolute atomic E-state index is 14.3. The van der Waals surface area contributed by atoms with Crippen LogP contribution in [0, 0.1) is 11.6 Å². The Hall–Kier alpha value is -1.90. The molecule has 1 aromatic carbocycles. The van der Waals surface area contributed by atoms with Crippen LogP contribution < -0.4 is 0 Å². The third kappa shape index (κ3) is 3.77. The minimum absolute atomic E-state index is 0.0435. The first-order valence-corrected chi connectivity index (χ1v) is 7.87. The topological polar surface area (TPSA) is 57.4 Å². The monoisotopic (exact) mass is 337 g/mol. The summed E-state index contributed by atoms with van der Waals surface area (Å²) in [5, 5.41) is 15.2. The number of benzene rings is 1. The van der Waals surface area contributed by atoms with Gasteiger partial charge in [0, 0.05) is 44.4 Å². The largest absolute Gasteiger partial charge is 0.382 e. The smallest absolute Gasteiger partial charge is 0.137 e. The highest BCUT2D eigenvalue weighted by Crippen LogP contribution is 2.28. The van der Waals surface area contributed by atoms with Crippen molar-refractivity contribution in [1.29, 1.82) is 0 Å². The summed E-state index contributed by atoms with van der Waals surface area (Å²) in [4.78, 5) is 8.14. The van der Waals surface area contributed by atoms with Crippen LogP contribution in [0.1, 0.15) is 5.56 Å².